The highest BCUT2D eigenvalue weighted by atomic mass is 35.5. The molecular weight excluding hydrogens is 323 g/mol. The number of ether oxygens (including phenoxy) is 1. The third-order valence-corrected chi connectivity index (χ3v) is 3.18. The summed E-state index contributed by atoms with van der Waals surface area (Å²) in [5.74, 6) is -0.654. The van der Waals surface area contributed by atoms with Gasteiger partial charge in [-0.1, -0.05) is 17.7 Å². The number of amides is 1. The Morgan fingerprint density at radius 2 is 2.17 bits per heavy atom. The Hall–Kier alpha value is -1.66. The molecule has 2 rings (SSSR count). The molecule has 0 radical (unpaired) electrons. The number of hydrogen-bond donors (Lipinski definition) is 2. The summed E-state index contributed by atoms with van der Waals surface area (Å²) in [4.78, 5) is 21.3. The molecule has 7 heteroatoms. The van der Waals surface area contributed by atoms with Crippen LogP contribution in [0.25, 0.3) is 0 Å². The second kappa shape index (κ2) is 8.84. The number of aldehydes is 1. The quantitative estimate of drug-likeness (QED) is 0.809. The van der Waals surface area contributed by atoms with E-state index in [-0.39, 0.29) is 22.7 Å². The second-order valence-electron chi connectivity index (χ2n) is 6.10. The summed E-state index contributed by atoms with van der Waals surface area (Å²) in [6, 6.07) is 4.52. The molecule has 1 amide bonds. The van der Waals surface area contributed by atoms with Gasteiger partial charge < -0.3 is 15.4 Å². The molecule has 2 N–H and O–H groups in total. The lowest BCUT2D eigenvalue weighted by Crippen LogP contribution is -2.40. The van der Waals surface area contributed by atoms with Crippen LogP contribution in [0.4, 0.5) is 9.18 Å². The van der Waals surface area contributed by atoms with Gasteiger partial charge in [0.25, 0.3) is 0 Å². The highest BCUT2D eigenvalue weighted by Crippen LogP contribution is 2.15. The zero-order chi connectivity index (χ0) is 17.5. The van der Waals surface area contributed by atoms with E-state index in [9.17, 15) is 14.0 Å². The van der Waals surface area contributed by atoms with E-state index >= 15 is 0 Å². The molecule has 1 saturated heterocycles. The molecule has 0 bridgehead atoms. The highest BCUT2D eigenvalue weighted by molar-refractivity contribution is 6.31. The van der Waals surface area contributed by atoms with Crippen LogP contribution in [0.15, 0.2) is 18.2 Å². The molecule has 0 saturated carbocycles. The molecule has 1 aliphatic heterocycles. The van der Waals surface area contributed by atoms with Gasteiger partial charge in [-0.2, -0.15) is 0 Å². The van der Waals surface area contributed by atoms with Crippen LogP contribution in [0.5, 0.6) is 0 Å². The van der Waals surface area contributed by atoms with E-state index in [4.69, 9.17) is 16.3 Å². The summed E-state index contributed by atoms with van der Waals surface area (Å²) < 4.78 is 17.8. The zero-order valence-corrected chi connectivity index (χ0v) is 14.2. The lowest BCUT2D eigenvalue weighted by atomic mass is 10.2. The molecule has 128 valence electrons. The first-order valence-electron chi connectivity index (χ1n) is 7.32. The molecule has 0 aliphatic carbocycles. The number of alkyl carbamates (subject to hydrolysis) is 1. The summed E-state index contributed by atoms with van der Waals surface area (Å²) in [5.41, 5.74) is -0.414. The van der Waals surface area contributed by atoms with Crippen molar-refractivity contribution in [3.05, 3.63) is 34.6 Å². The molecule has 1 heterocycles. The molecule has 1 fully saturated rings. The van der Waals surface area contributed by atoms with Gasteiger partial charge in [0, 0.05) is 12.6 Å². The highest BCUT2D eigenvalue weighted by Gasteiger charge is 2.21. The van der Waals surface area contributed by atoms with Gasteiger partial charge in [0.1, 0.15) is 5.60 Å². The maximum Gasteiger partial charge on any atom is 0.407 e. The van der Waals surface area contributed by atoms with Crippen LogP contribution in [0.2, 0.25) is 5.02 Å². The largest absolute Gasteiger partial charge is 0.444 e. The number of halogens is 2. The topological polar surface area (TPSA) is 67.4 Å². The van der Waals surface area contributed by atoms with Crippen molar-refractivity contribution >= 4 is 24.0 Å². The lowest BCUT2D eigenvalue weighted by Gasteiger charge is -2.21. The molecule has 0 unspecified atom stereocenters. The van der Waals surface area contributed by atoms with Crippen molar-refractivity contribution in [3.63, 3.8) is 0 Å². The van der Waals surface area contributed by atoms with E-state index in [1.54, 1.807) is 0 Å². The van der Waals surface area contributed by atoms with Gasteiger partial charge >= 0.3 is 6.09 Å². The average molecular weight is 345 g/mol. The van der Waals surface area contributed by atoms with E-state index in [0.717, 1.165) is 19.5 Å². The minimum Gasteiger partial charge on any atom is -0.444 e. The van der Waals surface area contributed by atoms with Gasteiger partial charge in [-0.25, -0.2) is 9.18 Å². The zero-order valence-electron chi connectivity index (χ0n) is 13.5. The van der Waals surface area contributed by atoms with Crippen LogP contribution in [-0.4, -0.2) is 37.1 Å². The standard InChI is InChI=1S/C9H18N2O2.C7H4ClFO/c1-9(2,3)13-8(12)11-7-4-5-10-6-7;8-6-3-1-2-5(4-10)7(6)9/h7,10H,4-6H2,1-3H3,(H,11,12);1-4H/t7-;/m0./s1. The van der Waals surface area contributed by atoms with Gasteiger partial charge in [0.05, 0.1) is 10.6 Å². The SMILES string of the molecule is CC(C)(C)OC(=O)N[C@H]1CCNC1.O=Cc1cccc(Cl)c1F. The molecule has 1 aromatic carbocycles. The summed E-state index contributed by atoms with van der Waals surface area (Å²) in [7, 11) is 0. The number of rotatable bonds is 2. The van der Waals surface area contributed by atoms with Crippen LogP contribution < -0.4 is 10.6 Å². The Labute approximate surface area is 140 Å². The Morgan fingerprint density at radius 3 is 2.65 bits per heavy atom. The number of nitrogens with one attached hydrogen (secondary N) is 2. The van der Waals surface area contributed by atoms with Gasteiger partial charge in [-0.05, 0) is 45.9 Å². The molecular formula is C16H22ClFN2O3. The second-order valence-corrected chi connectivity index (χ2v) is 6.50. The van der Waals surface area contributed by atoms with Crippen molar-refractivity contribution in [1.29, 1.82) is 0 Å². The minimum absolute atomic E-state index is 0.00694. The lowest BCUT2D eigenvalue weighted by molar-refractivity contribution is 0.0508. The maximum absolute atomic E-state index is 12.6. The van der Waals surface area contributed by atoms with Gasteiger partial charge in [0.15, 0.2) is 12.1 Å². The van der Waals surface area contributed by atoms with Crippen LogP contribution in [-0.2, 0) is 4.74 Å². The van der Waals surface area contributed by atoms with E-state index < -0.39 is 11.4 Å². The fraction of sp³-hybridized carbons (Fsp3) is 0.500. The summed E-state index contributed by atoms with van der Waals surface area (Å²) in [6.45, 7) is 7.40. The van der Waals surface area contributed by atoms with E-state index in [1.807, 2.05) is 20.8 Å². The Kier molecular flexibility index (Phi) is 7.45. The number of carbonyl (C=O) groups is 2. The predicted octanol–water partition coefficient (Wildman–Crippen LogP) is 3.16. The molecule has 1 aromatic rings. The Morgan fingerprint density at radius 1 is 1.48 bits per heavy atom. The Balaban J connectivity index is 0.000000238. The smallest absolute Gasteiger partial charge is 0.407 e. The number of benzene rings is 1. The van der Waals surface area contributed by atoms with Crippen molar-refractivity contribution in [1.82, 2.24) is 10.6 Å². The molecule has 1 atom stereocenters. The first kappa shape index (κ1) is 19.4. The fourth-order valence-electron chi connectivity index (χ4n) is 1.86. The normalized spacial score (nSPS) is 17.0. The summed E-state index contributed by atoms with van der Waals surface area (Å²) in [6.07, 6.45) is 1.10. The van der Waals surface area contributed by atoms with Crippen molar-refractivity contribution < 1.29 is 18.7 Å². The van der Waals surface area contributed by atoms with Gasteiger partial charge in [0.2, 0.25) is 0 Å². The molecule has 1 aliphatic rings. The maximum atomic E-state index is 12.6. The van der Waals surface area contributed by atoms with E-state index in [0.29, 0.717) is 6.29 Å². The van der Waals surface area contributed by atoms with Crippen LogP contribution in [0.3, 0.4) is 0 Å². The first-order valence-corrected chi connectivity index (χ1v) is 7.70. The predicted molar refractivity (Wildman–Crippen MR) is 87.4 cm³/mol. The number of hydrogen-bond acceptors (Lipinski definition) is 4. The molecule has 0 aromatic heterocycles. The van der Waals surface area contributed by atoms with Crippen LogP contribution in [0, 0.1) is 5.82 Å². The average Bonchev–Trinajstić information content (AvgIpc) is 2.93. The van der Waals surface area contributed by atoms with Crippen molar-refractivity contribution in [2.75, 3.05) is 13.1 Å². The molecule has 5 nitrogen and oxygen atoms in total. The van der Waals surface area contributed by atoms with Crippen LogP contribution in [0.1, 0.15) is 37.6 Å². The first-order chi connectivity index (χ1) is 10.7. The molecule has 0 spiro atoms. The third kappa shape index (κ3) is 7.43. The van der Waals surface area contributed by atoms with Gasteiger partial charge in [-0.15, -0.1) is 0 Å². The minimum atomic E-state index is -0.654. The monoisotopic (exact) mass is 344 g/mol. The number of carbonyl (C=O) groups excluding carboxylic acids is 2. The van der Waals surface area contributed by atoms with Crippen molar-refractivity contribution in [3.8, 4) is 0 Å². The summed E-state index contributed by atoms with van der Waals surface area (Å²) >= 11 is 5.36. The van der Waals surface area contributed by atoms with E-state index in [1.165, 1.54) is 18.2 Å². The van der Waals surface area contributed by atoms with Crippen LogP contribution >= 0.6 is 11.6 Å². The third-order valence-electron chi connectivity index (χ3n) is 2.89. The van der Waals surface area contributed by atoms with E-state index in [2.05, 4.69) is 10.6 Å². The van der Waals surface area contributed by atoms with Crippen molar-refractivity contribution in [2.45, 2.75) is 38.8 Å². The fourth-order valence-corrected chi connectivity index (χ4v) is 2.05. The van der Waals surface area contributed by atoms with Gasteiger partial charge in [-0.3, -0.25) is 4.79 Å². The Bertz CT molecular complexity index is 541. The summed E-state index contributed by atoms with van der Waals surface area (Å²) in [5, 5.41) is 5.96. The molecule has 23 heavy (non-hydrogen) atoms. The van der Waals surface area contributed by atoms with Crippen molar-refractivity contribution in [2.24, 2.45) is 0 Å².